The summed E-state index contributed by atoms with van der Waals surface area (Å²) < 4.78 is 18.0. The minimum atomic E-state index is -0.852. The molecule has 0 saturated heterocycles. The molecule has 0 N–H and O–H groups in total. The highest BCUT2D eigenvalue weighted by molar-refractivity contribution is 7.99. The standard InChI is InChI=1S/C10H10FNO4S/c1-16-9(13)6-17-5-7-3-2-4-8(10(7)11)12(14)15/h2-4H,5-6H2,1H3. The van der Waals surface area contributed by atoms with Crippen LogP contribution < -0.4 is 0 Å². The van der Waals surface area contributed by atoms with Crippen LogP contribution in [0.2, 0.25) is 0 Å². The van der Waals surface area contributed by atoms with Gasteiger partial charge in [-0.3, -0.25) is 14.9 Å². The molecule has 0 amide bonds. The average Bonchev–Trinajstić information content (AvgIpc) is 2.30. The number of rotatable bonds is 5. The third kappa shape index (κ3) is 3.70. The molecule has 1 rings (SSSR count). The Balaban J connectivity index is 2.69. The third-order valence-electron chi connectivity index (χ3n) is 1.96. The second kappa shape index (κ2) is 6.19. The van der Waals surface area contributed by atoms with E-state index < -0.39 is 22.4 Å². The largest absolute Gasteiger partial charge is 0.468 e. The normalized spacial score (nSPS) is 10.0. The maximum Gasteiger partial charge on any atom is 0.315 e. The van der Waals surface area contributed by atoms with Gasteiger partial charge in [-0.15, -0.1) is 11.8 Å². The molecular formula is C10H10FNO4S. The zero-order chi connectivity index (χ0) is 12.8. The van der Waals surface area contributed by atoms with Gasteiger partial charge in [0.15, 0.2) is 0 Å². The van der Waals surface area contributed by atoms with Gasteiger partial charge in [0.2, 0.25) is 5.82 Å². The topological polar surface area (TPSA) is 69.4 Å². The van der Waals surface area contributed by atoms with E-state index in [2.05, 4.69) is 4.74 Å². The lowest BCUT2D eigenvalue weighted by Gasteiger charge is -2.03. The van der Waals surface area contributed by atoms with Gasteiger partial charge in [-0.1, -0.05) is 12.1 Å². The summed E-state index contributed by atoms with van der Waals surface area (Å²) in [6, 6.07) is 3.96. The smallest absolute Gasteiger partial charge is 0.315 e. The van der Waals surface area contributed by atoms with Crippen molar-refractivity contribution in [3.05, 3.63) is 39.7 Å². The number of esters is 1. The van der Waals surface area contributed by atoms with Crippen LogP contribution in [0.1, 0.15) is 5.56 Å². The van der Waals surface area contributed by atoms with Gasteiger partial charge in [-0.05, 0) is 0 Å². The Labute approximate surface area is 101 Å². The van der Waals surface area contributed by atoms with Gasteiger partial charge in [-0.25, -0.2) is 0 Å². The monoisotopic (exact) mass is 259 g/mol. The molecule has 0 fully saturated rings. The van der Waals surface area contributed by atoms with Crippen molar-refractivity contribution in [1.29, 1.82) is 0 Å². The quantitative estimate of drug-likeness (QED) is 0.460. The summed E-state index contributed by atoms with van der Waals surface area (Å²) in [5.74, 6) is -1.00. The van der Waals surface area contributed by atoms with Gasteiger partial charge in [0.1, 0.15) is 0 Å². The molecule has 0 bridgehead atoms. The first kappa shape index (κ1) is 13.4. The van der Waals surface area contributed by atoms with Crippen LogP contribution >= 0.6 is 11.8 Å². The number of thioether (sulfide) groups is 1. The van der Waals surface area contributed by atoms with E-state index in [-0.39, 0.29) is 17.1 Å². The van der Waals surface area contributed by atoms with Gasteiger partial charge in [0, 0.05) is 17.4 Å². The molecule has 0 saturated carbocycles. The molecule has 92 valence electrons. The summed E-state index contributed by atoms with van der Waals surface area (Å²) >= 11 is 1.14. The molecule has 1 aromatic carbocycles. The molecule has 0 spiro atoms. The molecule has 17 heavy (non-hydrogen) atoms. The number of nitro groups is 1. The summed E-state index contributed by atoms with van der Waals surface area (Å²) in [5, 5.41) is 10.5. The predicted molar refractivity (Wildman–Crippen MR) is 61.2 cm³/mol. The van der Waals surface area contributed by atoms with Crippen molar-refractivity contribution in [2.45, 2.75) is 5.75 Å². The van der Waals surface area contributed by atoms with E-state index in [9.17, 15) is 19.3 Å². The van der Waals surface area contributed by atoms with Gasteiger partial charge in [0.05, 0.1) is 17.8 Å². The fourth-order valence-electron chi connectivity index (χ4n) is 1.12. The molecule has 0 aliphatic heterocycles. The highest BCUT2D eigenvalue weighted by Crippen LogP contribution is 2.23. The SMILES string of the molecule is COC(=O)CSCc1cccc([N+](=O)[O-])c1F. The van der Waals surface area contributed by atoms with Crippen LogP contribution in [0.15, 0.2) is 18.2 Å². The van der Waals surface area contributed by atoms with E-state index in [0.717, 1.165) is 17.8 Å². The van der Waals surface area contributed by atoms with E-state index >= 15 is 0 Å². The van der Waals surface area contributed by atoms with Gasteiger partial charge < -0.3 is 4.74 Å². The first-order valence-electron chi connectivity index (χ1n) is 4.62. The molecule has 1 aromatic rings. The summed E-state index contributed by atoms with van der Waals surface area (Å²) in [6.45, 7) is 0. The summed E-state index contributed by atoms with van der Waals surface area (Å²) in [4.78, 5) is 20.5. The van der Waals surface area contributed by atoms with Crippen LogP contribution in [0.5, 0.6) is 0 Å². The highest BCUT2D eigenvalue weighted by Gasteiger charge is 2.17. The van der Waals surface area contributed by atoms with Crippen molar-refractivity contribution >= 4 is 23.4 Å². The van der Waals surface area contributed by atoms with Gasteiger partial charge in [-0.2, -0.15) is 4.39 Å². The first-order chi connectivity index (χ1) is 8.06. The number of hydrogen-bond acceptors (Lipinski definition) is 5. The number of nitro benzene ring substituents is 1. The van der Waals surface area contributed by atoms with Crippen molar-refractivity contribution in [2.75, 3.05) is 12.9 Å². The summed E-state index contributed by atoms with van der Waals surface area (Å²) in [5.41, 5.74) is -0.353. The highest BCUT2D eigenvalue weighted by atomic mass is 32.2. The van der Waals surface area contributed by atoms with Crippen molar-refractivity contribution < 1.29 is 18.8 Å². The fraction of sp³-hybridized carbons (Fsp3) is 0.300. The lowest BCUT2D eigenvalue weighted by atomic mass is 10.2. The molecule has 0 radical (unpaired) electrons. The number of carbonyl (C=O) groups excluding carboxylic acids is 1. The van der Waals surface area contributed by atoms with Gasteiger partial charge in [0.25, 0.3) is 0 Å². The van der Waals surface area contributed by atoms with E-state index in [1.165, 1.54) is 19.2 Å². The van der Waals surface area contributed by atoms with E-state index in [1.54, 1.807) is 0 Å². The number of benzene rings is 1. The Hall–Kier alpha value is -1.63. The van der Waals surface area contributed by atoms with Gasteiger partial charge >= 0.3 is 11.7 Å². The first-order valence-corrected chi connectivity index (χ1v) is 5.78. The molecule has 0 heterocycles. The average molecular weight is 259 g/mol. The Morgan fingerprint density at radius 2 is 2.29 bits per heavy atom. The fourth-order valence-corrected chi connectivity index (χ4v) is 1.95. The lowest BCUT2D eigenvalue weighted by Crippen LogP contribution is -2.04. The van der Waals surface area contributed by atoms with Crippen LogP contribution in [0.25, 0.3) is 0 Å². The van der Waals surface area contributed by atoms with E-state index in [4.69, 9.17) is 0 Å². The molecule has 0 aromatic heterocycles. The Bertz CT molecular complexity index is 438. The predicted octanol–water partition coefficient (Wildman–Crippen LogP) is 2.14. The van der Waals surface area contributed by atoms with Crippen molar-refractivity contribution in [3.8, 4) is 0 Å². The summed E-state index contributed by atoms with van der Waals surface area (Å²) in [6.07, 6.45) is 0. The second-order valence-corrected chi connectivity index (χ2v) is 4.06. The Morgan fingerprint density at radius 1 is 1.59 bits per heavy atom. The van der Waals surface area contributed by atoms with Crippen LogP contribution in [-0.4, -0.2) is 23.8 Å². The summed E-state index contributed by atoms with van der Waals surface area (Å²) in [7, 11) is 1.26. The van der Waals surface area contributed by atoms with Crippen molar-refractivity contribution in [2.24, 2.45) is 0 Å². The molecule has 7 heteroatoms. The minimum Gasteiger partial charge on any atom is -0.468 e. The van der Waals surface area contributed by atoms with E-state index in [0.29, 0.717) is 0 Å². The Morgan fingerprint density at radius 3 is 2.88 bits per heavy atom. The zero-order valence-corrected chi connectivity index (χ0v) is 9.83. The number of hydrogen-bond donors (Lipinski definition) is 0. The maximum absolute atomic E-state index is 13.6. The van der Waals surface area contributed by atoms with Crippen LogP contribution in [0, 0.1) is 15.9 Å². The van der Waals surface area contributed by atoms with Crippen molar-refractivity contribution in [1.82, 2.24) is 0 Å². The van der Waals surface area contributed by atoms with Crippen LogP contribution in [0.3, 0.4) is 0 Å². The number of nitrogens with zero attached hydrogens (tertiary/aromatic N) is 1. The molecule has 5 nitrogen and oxygen atoms in total. The van der Waals surface area contributed by atoms with Crippen LogP contribution in [0.4, 0.5) is 10.1 Å². The maximum atomic E-state index is 13.6. The van der Waals surface area contributed by atoms with Crippen molar-refractivity contribution in [3.63, 3.8) is 0 Å². The zero-order valence-electron chi connectivity index (χ0n) is 9.01. The van der Waals surface area contributed by atoms with Crippen LogP contribution in [-0.2, 0) is 15.3 Å². The molecule has 0 aliphatic carbocycles. The molecular weight excluding hydrogens is 249 g/mol. The number of methoxy groups -OCH3 is 1. The minimum absolute atomic E-state index is 0.0820. The molecule has 0 unspecified atom stereocenters. The van der Waals surface area contributed by atoms with E-state index in [1.807, 2.05) is 0 Å². The molecule has 0 atom stereocenters. The number of ether oxygens (including phenoxy) is 1. The third-order valence-corrected chi connectivity index (χ3v) is 2.92. The number of carbonyl (C=O) groups is 1. The molecule has 0 aliphatic rings. The lowest BCUT2D eigenvalue weighted by molar-refractivity contribution is -0.387. The second-order valence-electron chi connectivity index (χ2n) is 3.08. The number of halogens is 1. The Kier molecular flexibility index (Phi) is 4.89.